The van der Waals surface area contributed by atoms with Gasteiger partial charge in [-0.2, -0.15) is 0 Å². The van der Waals surface area contributed by atoms with Gasteiger partial charge >= 0.3 is 0 Å². The van der Waals surface area contributed by atoms with Gasteiger partial charge in [0.2, 0.25) is 11.8 Å². The zero-order valence-electron chi connectivity index (χ0n) is 14.8. The molecule has 0 saturated heterocycles. The molecule has 2 amide bonds. The van der Waals surface area contributed by atoms with Gasteiger partial charge < -0.3 is 10.6 Å². The number of benzene rings is 3. The molecular formula is C22H20N2O2S. The van der Waals surface area contributed by atoms with Gasteiger partial charge in [0.05, 0.1) is 5.75 Å². The molecule has 4 rings (SSSR count). The van der Waals surface area contributed by atoms with Gasteiger partial charge in [-0.15, -0.1) is 11.8 Å². The first kappa shape index (κ1) is 17.6. The topological polar surface area (TPSA) is 58.2 Å². The average Bonchev–Trinajstić information content (AvgIpc) is 3.53. The van der Waals surface area contributed by atoms with E-state index in [1.165, 1.54) is 22.5 Å². The lowest BCUT2D eigenvalue weighted by Gasteiger charge is -2.08. The monoisotopic (exact) mass is 376 g/mol. The molecule has 1 aliphatic carbocycles. The maximum Gasteiger partial charge on any atom is 0.234 e. The summed E-state index contributed by atoms with van der Waals surface area (Å²) in [6, 6.07) is 21.6. The van der Waals surface area contributed by atoms with E-state index in [0.29, 0.717) is 5.75 Å². The Bertz CT molecular complexity index is 981. The van der Waals surface area contributed by atoms with E-state index < -0.39 is 0 Å². The fourth-order valence-electron chi connectivity index (χ4n) is 2.83. The van der Waals surface area contributed by atoms with Crippen LogP contribution in [0.15, 0.2) is 71.6 Å². The normalized spacial score (nSPS) is 13.3. The van der Waals surface area contributed by atoms with E-state index in [-0.39, 0.29) is 17.7 Å². The Labute approximate surface area is 162 Å². The number of anilines is 2. The minimum absolute atomic E-state index is 0.0528. The van der Waals surface area contributed by atoms with Crippen LogP contribution >= 0.6 is 11.8 Å². The van der Waals surface area contributed by atoms with Gasteiger partial charge in [-0.1, -0.05) is 30.3 Å². The second kappa shape index (κ2) is 7.84. The van der Waals surface area contributed by atoms with Crippen LogP contribution < -0.4 is 10.6 Å². The van der Waals surface area contributed by atoms with Gasteiger partial charge in [0, 0.05) is 22.2 Å². The van der Waals surface area contributed by atoms with Crippen LogP contribution in [0.2, 0.25) is 0 Å². The molecule has 5 heteroatoms. The largest absolute Gasteiger partial charge is 0.326 e. The first-order valence-corrected chi connectivity index (χ1v) is 9.98. The SMILES string of the molecule is O=C(CSc1ccc2ccccc2c1)Nc1ccc(NC(=O)C2CC2)cc1. The van der Waals surface area contributed by atoms with Crippen LogP contribution in [-0.4, -0.2) is 17.6 Å². The van der Waals surface area contributed by atoms with Crippen LogP contribution in [0.3, 0.4) is 0 Å². The highest BCUT2D eigenvalue weighted by atomic mass is 32.2. The predicted molar refractivity (Wildman–Crippen MR) is 111 cm³/mol. The van der Waals surface area contributed by atoms with Gasteiger partial charge in [-0.3, -0.25) is 9.59 Å². The van der Waals surface area contributed by atoms with Crippen LogP contribution in [0.5, 0.6) is 0 Å². The number of nitrogens with one attached hydrogen (secondary N) is 2. The molecule has 0 heterocycles. The minimum Gasteiger partial charge on any atom is -0.326 e. The first-order chi connectivity index (χ1) is 13.2. The number of rotatable bonds is 6. The van der Waals surface area contributed by atoms with Gasteiger partial charge in [0.25, 0.3) is 0 Å². The molecule has 3 aromatic rings. The van der Waals surface area contributed by atoms with Crippen LogP contribution in [0.1, 0.15) is 12.8 Å². The Kier molecular flexibility index (Phi) is 5.12. The van der Waals surface area contributed by atoms with Gasteiger partial charge in [0.15, 0.2) is 0 Å². The molecule has 0 aromatic heterocycles. The standard InChI is InChI=1S/C22H20N2O2S/c25-21(14-27-20-12-7-15-3-1-2-4-17(15)13-20)23-18-8-10-19(11-9-18)24-22(26)16-5-6-16/h1-4,7-13,16H,5-6,14H2,(H,23,25)(H,24,26). The van der Waals surface area contributed by atoms with E-state index in [1.807, 2.05) is 30.3 Å². The second-order valence-corrected chi connectivity index (χ2v) is 7.74. The van der Waals surface area contributed by atoms with Crippen LogP contribution in [0.25, 0.3) is 10.8 Å². The van der Waals surface area contributed by atoms with Crippen LogP contribution in [-0.2, 0) is 9.59 Å². The van der Waals surface area contributed by atoms with Gasteiger partial charge in [-0.05, 0) is 60.0 Å². The predicted octanol–water partition coefficient (Wildman–Crippen LogP) is 4.92. The Balaban J connectivity index is 1.29. The molecule has 0 bridgehead atoms. The lowest BCUT2D eigenvalue weighted by molar-refractivity contribution is -0.117. The summed E-state index contributed by atoms with van der Waals surface area (Å²) in [4.78, 5) is 25.0. The summed E-state index contributed by atoms with van der Waals surface area (Å²) in [7, 11) is 0. The highest BCUT2D eigenvalue weighted by Gasteiger charge is 2.29. The third kappa shape index (κ3) is 4.68. The van der Waals surface area contributed by atoms with E-state index in [4.69, 9.17) is 0 Å². The van der Waals surface area contributed by atoms with Crippen molar-refractivity contribution in [2.24, 2.45) is 5.92 Å². The Morgan fingerprint density at radius 3 is 2.22 bits per heavy atom. The zero-order chi connectivity index (χ0) is 18.6. The molecule has 0 aliphatic heterocycles. The van der Waals surface area contributed by atoms with Gasteiger partial charge in [-0.25, -0.2) is 0 Å². The molecular weight excluding hydrogens is 356 g/mol. The summed E-state index contributed by atoms with van der Waals surface area (Å²) in [5, 5.41) is 8.15. The van der Waals surface area contributed by atoms with Crippen molar-refractivity contribution in [2.45, 2.75) is 17.7 Å². The lowest BCUT2D eigenvalue weighted by Crippen LogP contribution is -2.15. The van der Waals surface area contributed by atoms with Crippen molar-refractivity contribution in [2.75, 3.05) is 16.4 Å². The fourth-order valence-corrected chi connectivity index (χ4v) is 3.57. The quantitative estimate of drug-likeness (QED) is 0.601. The summed E-state index contributed by atoms with van der Waals surface area (Å²) in [6.07, 6.45) is 1.96. The maximum atomic E-state index is 12.2. The number of hydrogen-bond acceptors (Lipinski definition) is 3. The molecule has 1 aliphatic rings. The number of carbonyl (C=O) groups excluding carboxylic acids is 2. The smallest absolute Gasteiger partial charge is 0.234 e. The van der Waals surface area contributed by atoms with Crippen molar-refractivity contribution in [3.63, 3.8) is 0 Å². The van der Waals surface area contributed by atoms with Gasteiger partial charge in [0.1, 0.15) is 0 Å². The third-order valence-corrected chi connectivity index (χ3v) is 5.47. The third-order valence-electron chi connectivity index (χ3n) is 4.48. The van der Waals surface area contributed by atoms with Crippen molar-refractivity contribution in [3.8, 4) is 0 Å². The molecule has 0 radical (unpaired) electrons. The molecule has 2 N–H and O–H groups in total. The van der Waals surface area contributed by atoms with Crippen molar-refractivity contribution in [3.05, 3.63) is 66.7 Å². The Hall–Kier alpha value is -2.79. The number of fused-ring (bicyclic) bond motifs is 1. The number of thioether (sulfide) groups is 1. The van der Waals surface area contributed by atoms with E-state index >= 15 is 0 Å². The van der Waals surface area contributed by atoms with Crippen molar-refractivity contribution >= 4 is 45.7 Å². The molecule has 0 spiro atoms. The summed E-state index contributed by atoms with van der Waals surface area (Å²) in [5.41, 5.74) is 1.49. The molecule has 3 aromatic carbocycles. The fraction of sp³-hybridized carbons (Fsp3) is 0.182. The molecule has 27 heavy (non-hydrogen) atoms. The van der Waals surface area contributed by atoms with E-state index in [9.17, 15) is 9.59 Å². The lowest BCUT2D eigenvalue weighted by atomic mass is 10.1. The number of hydrogen-bond donors (Lipinski definition) is 2. The summed E-state index contributed by atoms with van der Waals surface area (Å²) >= 11 is 1.52. The number of amides is 2. The Morgan fingerprint density at radius 1 is 0.852 bits per heavy atom. The van der Waals surface area contributed by atoms with Crippen molar-refractivity contribution < 1.29 is 9.59 Å². The van der Waals surface area contributed by atoms with Crippen molar-refractivity contribution in [1.82, 2.24) is 0 Å². The van der Waals surface area contributed by atoms with E-state index in [1.54, 1.807) is 12.1 Å². The van der Waals surface area contributed by atoms with Crippen molar-refractivity contribution in [1.29, 1.82) is 0 Å². The summed E-state index contributed by atoms with van der Waals surface area (Å²) in [6.45, 7) is 0. The van der Waals surface area contributed by atoms with Crippen LogP contribution in [0.4, 0.5) is 11.4 Å². The Morgan fingerprint density at radius 2 is 1.52 bits per heavy atom. The molecule has 4 nitrogen and oxygen atoms in total. The molecule has 1 saturated carbocycles. The highest BCUT2D eigenvalue weighted by molar-refractivity contribution is 8.00. The molecule has 0 atom stereocenters. The first-order valence-electron chi connectivity index (χ1n) is 9.00. The molecule has 0 unspecified atom stereocenters. The highest BCUT2D eigenvalue weighted by Crippen LogP contribution is 2.30. The molecule has 1 fully saturated rings. The minimum atomic E-state index is -0.0528. The zero-order valence-corrected chi connectivity index (χ0v) is 15.6. The molecule has 136 valence electrons. The summed E-state index contributed by atoms with van der Waals surface area (Å²) < 4.78 is 0. The maximum absolute atomic E-state index is 12.2. The second-order valence-electron chi connectivity index (χ2n) is 6.69. The van der Waals surface area contributed by atoms with E-state index in [0.717, 1.165) is 29.1 Å². The van der Waals surface area contributed by atoms with E-state index in [2.05, 4.69) is 34.9 Å². The average molecular weight is 376 g/mol. The number of carbonyl (C=O) groups is 2. The summed E-state index contributed by atoms with van der Waals surface area (Å²) in [5.74, 6) is 0.552. The van der Waals surface area contributed by atoms with Crippen LogP contribution in [0, 0.1) is 5.92 Å².